The molecule has 0 saturated carbocycles. The number of rotatable bonds is 5. The van der Waals surface area contributed by atoms with E-state index in [1.807, 2.05) is 13.8 Å². The first kappa shape index (κ1) is 16.8. The number of halogens is 1. The highest BCUT2D eigenvalue weighted by Gasteiger charge is 2.35. The van der Waals surface area contributed by atoms with Crippen molar-refractivity contribution in [2.45, 2.75) is 63.9 Å². The van der Waals surface area contributed by atoms with Gasteiger partial charge in [-0.25, -0.2) is 8.42 Å². The molecule has 1 aromatic heterocycles. The molecule has 0 amide bonds. The molecule has 0 aliphatic carbocycles. The van der Waals surface area contributed by atoms with E-state index >= 15 is 0 Å². The smallest absolute Gasteiger partial charge is 0.246 e. The van der Waals surface area contributed by atoms with Crippen LogP contribution in [0.1, 0.15) is 44.0 Å². The Morgan fingerprint density at radius 1 is 1.33 bits per heavy atom. The third-order valence-corrected chi connectivity index (χ3v) is 6.66. The van der Waals surface area contributed by atoms with Gasteiger partial charge in [0.1, 0.15) is 4.90 Å². The molecule has 1 unspecified atom stereocenters. The molecule has 0 aromatic carbocycles. The van der Waals surface area contributed by atoms with Gasteiger partial charge in [-0.2, -0.15) is 9.40 Å². The molecule has 1 aliphatic heterocycles. The van der Waals surface area contributed by atoms with E-state index in [0.29, 0.717) is 29.6 Å². The zero-order valence-corrected chi connectivity index (χ0v) is 14.5. The summed E-state index contributed by atoms with van der Waals surface area (Å²) >= 11 is 5.71. The Hall–Kier alpha value is -0.590. The van der Waals surface area contributed by atoms with E-state index in [1.54, 1.807) is 15.9 Å². The van der Waals surface area contributed by atoms with Crippen LogP contribution < -0.4 is 0 Å². The van der Waals surface area contributed by atoms with Crippen molar-refractivity contribution in [3.05, 3.63) is 11.4 Å². The second-order valence-electron chi connectivity index (χ2n) is 5.73. The lowest BCUT2D eigenvalue weighted by Gasteiger charge is -2.32. The monoisotopic (exact) mass is 333 g/mol. The van der Waals surface area contributed by atoms with Crippen molar-refractivity contribution in [2.75, 3.05) is 12.4 Å². The van der Waals surface area contributed by atoms with E-state index in [1.165, 1.54) is 0 Å². The Morgan fingerprint density at radius 3 is 2.67 bits per heavy atom. The molecule has 7 heteroatoms. The highest BCUT2D eigenvalue weighted by Crippen LogP contribution is 2.29. The molecule has 5 nitrogen and oxygen atoms in total. The maximum atomic E-state index is 13.0. The van der Waals surface area contributed by atoms with Gasteiger partial charge in [0.15, 0.2) is 0 Å². The first-order chi connectivity index (χ1) is 9.89. The summed E-state index contributed by atoms with van der Waals surface area (Å²) in [6.45, 7) is 6.84. The third-order valence-electron chi connectivity index (χ3n) is 4.13. The maximum absolute atomic E-state index is 13.0. The molecule has 120 valence electrons. The molecule has 0 bridgehead atoms. The first-order valence-corrected chi connectivity index (χ1v) is 9.49. The average Bonchev–Trinajstić information content (AvgIpc) is 2.71. The average molecular weight is 334 g/mol. The van der Waals surface area contributed by atoms with Gasteiger partial charge in [0.05, 0.1) is 11.4 Å². The molecule has 0 N–H and O–H groups in total. The van der Waals surface area contributed by atoms with Gasteiger partial charge >= 0.3 is 0 Å². The standard InChI is InChI=1S/C14H24ClN3O2S/c1-11-7-4-5-10-18(11)21(19,20)14-12(2)16-17(13(14)3)9-6-8-15/h11H,4-10H2,1-3H3. The zero-order chi connectivity index (χ0) is 15.6. The van der Waals surface area contributed by atoms with Crippen LogP contribution in [0, 0.1) is 13.8 Å². The van der Waals surface area contributed by atoms with Gasteiger partial charge in [-0.1, -0.05) is 6.42 Å². The van der Waals surface area contributed by atoms with Crippen LogP contribution in [0.15, 0.2) is 4.90 Å². The normalized spacial score (nSPS) is 20.9. The van der Waals surface area contributed by atoms with E-state index in [-0.39, 0.29) is 6.04 Å². The highest BCUT2D eigenvalue weighted by atomic mass is 35.5. The van der Waals surface area contributed by atoms with E-state index in [0.717, 1.165) is 31.4 Å². The minimum Gasteiger partial charge on any atom is -0.268 e. The fourth-order valence-electron chi connectivity index (χ4n) is 3.03. The van der Waals surface area contributed by atoms with E-state index in [4.69, 9.17) is 11.6 Å². The van der Waals surface area contributed by atoms with Crippen LogP contribution in [0.2, 0.25) is 0 Å². The number of aromatic nitrogens is 2. The number of alkyl halides is 1. The van der Waals surface area contributed by atoms with Crippen molar-refractivity contribution in [3.63, 3.8) is 0 Å². The van der Waals surface area contributed by atoms with Gasteiger partial charge in [-0.3, -0.25) is 4.68 Å². The number of nitrogens with zero attached hydrogens (tertiary/aromatic N) is 3. The largest absolute Gasteiger partial charge is 0.268 e. The minimum absolute atomic E-state index is 0.0636. The van der Waals surface area contributed by atoms with Gasteiger partial charge < -0.3 is 0 Å². The molecule has 2 rings (SSSR count). The lowest BCUT2D eigenvalue weighted by molar-refractivity contribution is 0.268. The van der Waals surface area contributed by atoms with Crippen molar-refractivity contribution in [3.8, 4) is 0 Å². The molecular formula is C14H24ClN3O2S. The van der Waals surface area contributed by atoms with Gasteiger partial charge in [0.25, 0.3) is 0 Å². The van der Waals surface area contributed by atoms with Gasteiger partial charge in [0, 0.05) is 25.0 Å². The number of hydrogen-bond donors (Lipinski definition) is 0. The zero-order valence-electron chi connectivity index (χ0n) is 13.0. The van der Waals surface area contributed by atoms with E-state index in [9.17, 15) is 8.42 Å². The summed E-state index contributed by atoms with van der Waals surface area (Å²) in [7, 11) is -3.46. The summed E-state index contributed by atoms with van der Waals surface area (Å²) in [5.74, 6) is 0.545. The molecule has 0 radical (unpaired) electrons. The fraction of sp³-hybridized carbons (Fsp3) is 0.786. The number of aryl methyl sites for hydroxylation is 2. The van der Waals surface area contributed by atoms with Crippen LogP contribution >= 0.6 is 11.6 Å². The lowest BCUT2D eigenvalue weighted by Crippen LogP contribution is -2.42. The topological polar surface area (TPSA) is 55.2 Å². The molecule has 21 heavy (non-hydrogen) atoms. The predicted molar refractivity (Wildman–Crippen MR) is 84.2 cm³/mol. The molecule has 1 atom stereocenters. The molecule has 0 spiro atoms. The van der Waals surface area contributed by atoms with Crippen LogP contribution in [-0.4, -0.2) is 41.0 Å². The highest BCUT2D eigenvalue weighted by molar-refractivity contribution is 7.89. The van der Waals surface area contributed by atoms with Gasteiger partial charge in [-0.15, -0.1) is 11.6 Å². The van der Waals surface area contributed by atoms with Crippen LogP contribution in [0.3, 0.4) is 0 Å². The lowest BCUT2D eigenvalue weighted by atomic mass is 10.1. The molecule has 2 heterocycles. The van der Waals surface area contributed by atoms with Crippen molar-refractivity contribution < 1.29 is 8.42 Å². The first-order valence-electron chi connectivity index (χ1n) is 7.51. The Labute approximate surface area is 132 Å². The van der Waals surface area contributed by atoms with Crippen LogP contribution in [0.4, 0.5) is 0 Å². The quantitative estimate of drug-likeness (QED) is 0.778. The second-order valence-corrected chi connectivity index (χ2v) is 7.93. The van der Waals surface area contributed by atoms with Crippen LogP contribution in [0.25, 0.3) is 0 Å². The second kappa shape index (κ2) is 6.67. The molecular weight excluding hydrogens is 310 g/mol. The summed E-state index contributed by atoms with van der Waals surface area (Å²) in [4.78, 5) is 0.380. The number of sulfonamides is 1. The van der Waals surface area contributed by atoms with Crippen LogP contribution in [0.5, 0.6) is 0 Å². The minimum atomic E-state index is -3.46. The van der Waals surface area contributed by atoms with Crippen molar-refractivity contribution in [2.24, 2.45) is 0 Å². The Morgan fingerprint density at radius 2 is 2.05 bits per heavy atom. The molecule has 1 aromatic rings. The summed E-state index contributed by atoms with van der Waals surface area (Å²) in [6, 6.07) is 0.0636. The summed E-state index contributed by atoms with van der Waals surface area (Å²) in [5.41, 5.74) is 1.30. The van der Waals surface area contributed by atoms with Crippen molar-refractivity contribution >= 4 is 21.6 Å². The van der Waals surface area contributed by atoms with Crippen molar-refractivity contribution in [1.82, 2.24) is 14.1 Å². The Balaban J connectivity index is 2.38. The molecule has 1 saturated heterocycles. The maximum Gasteiger partial charge on any atom is 0.246 e. The Bertz CT molecular complexity index is 598. The summed E-state index contributed by atoms with van der Waals surface area (Å²) in [5, 5.41) is 4.39. The van der Waals surface area contributed by atoms with Gasteiger partial charge in [0.2, 0.25) is 10.0 Å². The summed E-state index contributed by atoms with van der Waals surface area (Å²) in [6.07, 6.45) is 3.74. The SMILES string of the molecule is Cc1nn(CCCCl)c(C)c1S(=O)(=O)N1CCCCC1C. The fourth-order valence-corrected chi connectivity index (χ4v) is 5.22. The van der Waals surface area contributed by atoms with Crippen molar-refractivity contribution in [1.29, 1.82) is 0 Å². The van der Waals surface area contributed by atoms with E-state index in [2.05, 4.69) is 5.10 Å². The molecule has 1 aliphatic rings. The van der Waals surface area contributed by atoms with Gasteiger partial charge in [-0.05, 0) is 40.0 Å². The van der Waals surface area contributed by atoms with E-state index < -0.39 is 10.0 Å². The predicted octanol–water partition coefficient (Wildman–Crippen LogP) is 2.69. The summed E-state index contributed by atoms with van der Waals surface area (Å²) < 4.78 is 29.3. The Kier molecular flexibility index (Phi) is 5.33. The molecule has 1 fully saturated rings. The number of piperidine rings is 1. The third kappa shape index (κ3) is 3.27. The van der Waals surface area contributed by atoms with Crippen LogP contribution in [-0.2, 0) is 16.6 Å². The number of hydrogen-bond acceptors (Lipinski definition) is 3.